The predicted octanol–water partition coefficient (Wildman–Crippen LogP) is 3.18. The summed E-state index contributed by atoms with van der Waals surface area (Å²) >= 11 is 0. The number of carbonyl (C=O) groups is 2. The average molecular weight is 307 g/mol. The summed E-state index contributed by atoms with van der Waals surface area (Å²) in [7, 11) is 0. The van der Waals surface area contributed by atoms with Gasteiger partial charge in [0.05, 0.1) is 12.2 Å². The van der Waals surface area contributed by atoms with Crippen LogP contribution in [0.5, 0.6) is 0 Å². The number of azide groups is 1. The number of aromatic carboxylic acids is 1. The number of ether oxygens (including phenoxy) is 2. The molecule has 1 N–H and O–H groups in total. The number of carbonyl (C=O) groups excluding carboxylic acids is 1. The van der Waals surface area contributed by atoms with Gasteiger partial charge in [0.25, 0.3) is 0 Å². The number of hydrogen-bond acceptors (Lipinski definition) is 5. The second-order valence-electron chi connectivity index (χ2n) is 5.46. The van der Waals surface area contributed by atoms with Crippen molar-refractivity contribution in [1.29, 1.82) is 0 Å². The SMILES string of the molecule is CC(C)(C)OC(=O)COCc1cc(N=[N+]=[N-])cc(C(=O)O)c1. The Labute approximate surface area is 127 Å². The molecule has 1 rings (SSSR count). The van der Waals surface area contributed by atoms with Crippen LogP contribution in [0.1, 0.15) is 36.7 Å². The van der Waals surface area contributed by atoms with Gasteiger partial charge in [0.15, 0.2) is 0 Å². The summed E-state index contributed by atoms with van der Waals surface area (Å²) in [6.07, 6.45) is 0. The Morgan fingerprint density at radius 3 is 2.55 bits per heavy atom. The molecular weight excluding hydrogens is 290 g/mol. The van der Waals surface area contributed by atoms with Gasteiger partial charge in [-0.3, -0.25) is 0 Å². The van der Waals surface area contributed by atoms with E-state index in [0.29, 0.717) is 5.56 Å². The molecule has 0 saturated heterocycles. The first-order valence-corrected chi connectivity index (χ1v) is 6.43. The summed E-state index contributed by atoms with van der Waals surface area (Å²) in [5.41, 5.74) is 8.43. The lowest BCUT2D eigenvalue weighted by atomic mass is 10.1. The van der Waals surface area contributed by atoms with Crippen molar-refractivity contribution in [2.75, 3.05) is 6.61 Å². The van der Waals surface area contributed by atoms with Crippen molar-refractivity contribution < 1.29 is 24.2 Å². The number of rotatable bonds is 6. The van der Waals surface area contributed by atoms with Crippen molar-refractivity contribution >= 4 is 17.6 Å². The van der Waals surface area contributed by atoms with E-state index in [1.54, 1.807) is 20.8 Å². The Morgan fingerprint density at radius 2 is 2.00 bits per heavy atom. The predicted molar refractivity (Wildman–Crippen MR) is 77.7 cm³/mol. The summed E-state index contributed by atoms with van der Waals surface area (Å²) < 4.78 is 10.3. The third-order valence-electron chi connectivity index (χ3n) is 2.29. The first-order chi connectivity index (χ1) is 10.2. The zero-order chi connectivity index (χ0) is 16.8. The molecule has 0 aliphatic rings. The zero-order valence-electron chi connectivity index (χ0n) is 12.6. The lowest BCUT2D eigenvalue weighted by Crippen LogP contribution is -2.26. The molecule has 0 amide bonds. The normalized spacial score (nSPS) is 10.7. The summed E-state index contributed by atoms with van der Waals surface area (Å²) in [6, 6.07) is 4.12. The maximum absolute atomic E-state index is 11.5. The summed E-state index contributed by atoms with van der Waals surface area (Å²) in [5.74, 6) is -1.67. The third-order valence-corrected chi connectivity index (χ3v) is 2.29. The van der Waals surface area contributed by atoms with Crippen LogP contribution in [-0.4, -0.2) is 29.3 Å². The van der Waals surface area contributed by atoms with E-state index in [1.165, 1.54) is 18.2 Å². The van der Waals surface area contributed by atoms with E-state index < -0.39 is 17.5 Å². The molecule has 0 heterocycles. The molecule has 0 saturated carbocycles. The monoisotopic (exact) mass is 307 g/mol. The fourth-order valence-electron chi connectivity index (χ4n) is 1.61. The van der Waals surface area contributed by atoms with Crippen molar-refractivity contribution in [3.63, 3.8) is 0 Å². The van der Waals surface area contributed by atoms with Crippen LogP contribution in [0.25, 0.3) is 10.4 Å². The maximum Gasteiger partial charge on any atom is 0.335 e. The number of carboxylic acid groups (broad SMARTS) is 1. The Kier molecular flexibility index (Phi) is 5.91. The molecule has 0 aliphatic carbocycles. The van der Waals surface area contributed by atoms with Crippen LogP contribution in [0.15, 0.2) is 23.3 Å². The standard InChI is InChI=1S/C14H17N3O5/c1-14(2,3)22-12(18)8-21-7-9-4-10(13(19)20)6-11(5-9)16-17-15/h4-6H,7-8H2,1-3H3,(H,19,20). The fraction of sp³-hybridized carbons (Fsp3) is 0.429. The molecular formula is C14H17N3O5. The zero-order valence-corrected chi connectivity index (χ0v) is 12.6. The van der Waals surface area contributed by atoms with E-state index in [-0.39, 0.29) is 24.5 Å². The topological polar surface area (TPSA) is 122 Å². The van der Waals surface area contributed by atoms with Crippen LogP contribution in [-0.2, 0) is 20.9 Å². The average Bonchev–Trinajstić information content (AvgIpc) is 2.36. The van der Waals surface area contributed by atoms with Gasteiger partial charge in [-0.05, 0) is 50.1 Å². The Hall–Kier alpha value is -2.57. The second kappa shape index (κ2) is 7.44. The van der Waals surface area contributed by atoms with E-state index in [9.17, 15) is 9.59 Å². The fourth-order valence-corrected chi connectivity index (χ4v) is 1.61. The number of hydrogen-bond donors (Lipinski definition) is 1. The minimum absolute atomic E-state index is 0.00564. The molecule has 8 heteroatoms. The van der Waals surface area contributed by atoms with Crippen LogP contribution in [0.4, 0.5) is 5.69 Å². The van der Waals surface area contributed by atoms with Crippen molar-refractivity contribution in [1.82, 2.24) is 0 Å². The van der Waals surface area contributed by atoms with Gasteiger partial charge in [-0.2, -0.15) is 0 Å². The number of esters is 1. The van der Waals surface area contributed by atoms with Gasteiger partial charge in [0, 0.05) is 10.6 Å². The van der Waals surface area contributed by atoms with Gasteiger partial charge < -0.3 is 14.6 Å². The Morgan fingerprint density at radius 1 is 1.32 bits per heavy atom. The first kappa shape index (κ1) is 17.5. The van der Waals surface area contributed by atoms with Crippen LogP contribution in [0, 0.1) is 0 Å². The minimum atomic E-state index is -1.15. The largest absolute Gasteiger partial charge is 0.478 e. The maximum atomic E-state index is 11.5. The van der Waals surface area contributed by atoms with Crippen molar-refractivity contribution in [3.05, 3.63) is 39.8 Å². The van der Waals surface area contributed by atoms with Crippen LogP contribution in [0.2, 0.25) is 0 Å². The summed E-state index contributed by atoms with van der Waals surface area (Å²) in [5, 5.41) is 12.4. The van der Waals surface area contributed by atoms with Gasteiger partial charge >= 0.3 is 11.9 Å². The molecule has 1 aromatic carbocycles. The Balaban J connectivity index is 2.71. The van der Waals surface area contributed by atoms with E-state index >= 15 is 0 Å². The quantitative estimate of drug-likeness (QED) is 0.374. The first-order valence-electron chi connectivity index (χ1n) is 6.43. The van der Waals surface area contributed by atoms with Crippen LogP contribution >= 0.6 is 0 Å². The molecule has 0 unspecified atom stereocenters. The molecule has 0 radical (unpaired) electrons. The highest BCUT2D eigenvalue weighted by Gasteiger charge is 2.16. The highest BCUT2D eigenvalue weighted by molar-refractivity contribution is 5.88. The van der Waals surface area contributed by atoms with Gasteiger partial charge in [0.2, 0.25) is 0 Å². The highest BCUT2D eigenvalue weighted by Crippen LogP contribution is 2.19. The molecule has 1 aromatic rings. The van der Waals surface area contributed by atoms with Gasteiger partial charge in [0.1, 0.15) is 12.2 Å². The number of nitrogens with zero attached hydrogens (tertiary/aromatic N) is 3. The van der Waals surface area contributed by atoms with Crippen molar-refractivity contribution in [2.24, 2.45) is 5.11 Å². The lowest BCUT2D eigenvalue weighted by Gasteiger charge is -2.19. The van der Waals surface area contributed by atoms with E-state index in [4.69, 9.17) is 20.1 Å². The van der Waals surface area contributed by atoms with E-state index in [2.05, 4.69) is 10.0 Å². The van der Waals surface area contributed by atoms with E-state index in [1.807, 2.05) is 0 Å². The van der Waals surface area contributed by atoms with Gasteiger partial charge in [-0.1, -0.05) is 5.11 Å². The molecule has 0 spiro atoms. The molecule has 0 fully saturated rings. The van der Waals surface area contributed by atoms with Crippen molar-refractivity contribution in [2.45, 2.75) is 33.0 Å². The smallest absolute Gasteiger partial charge is 0.335 e. The molecule has 0 aromatic heterocycles. The molecule has 118 valence electrons. The highest BCUT2D eigenvalue weighted by atomic mass is 16.6. The lowest BCUT2D eigenvalue weighted by molar-refractivity contribution is -0.160. The summed E-state index contributed by atoms with van der Waals surface area (Å²) in [4.78, 5) is 25.1. The molecule has 8 nitrogen and oxygen atoms in total. The molecule has 0 bridgehead atoms. The number of carboxylic acids is 1. The van der Waals surface area contributed by atoms with Crippen LogP contribution in [0.3, 0.4) is 0 Å². The summed E-state index contributed by atoms with van der Waals surface area (Å²) in [6.45, 7) is 4.97. The Bertz CT molecular complexity index is 595. The van der Waals surface area contributed by atoms with Crippen LogP contribution < -0.4 is 0 Å². The molecule has 0 atom stereocenters. The van der Waals surface area contributed by atoms with E-state index in [0.717, 1.165) is 0 Å². The molecule has 22 heavy (non-hydrogen) atoms. The number of benzene rings is 1. The van der Waals surface area contributed by atoms with Gasteiger partial charge in [-0.25, -0.2) is 9.59 Å². The van der Waals surface area contributed by atoms with Crippen molar-refractivity contribution in [3.8, 4) is 0 Å². The minimum Gasteiger partial charge on any atom is -0.478 e. The third kappa shape index (κ3) is 6.25. The van der Waals surface area contributed by atoms with Gasteiger partial charge in [-0.15, -0.1) is 0 Å². The second-order valence-corrected chi connectivity index (χ2v) is 5.46. The molecule has 0 aliphatic heterocycles.